The summed E-state index contributed by atoms with van der Waals surface area (Å²) in [7, 11) is 0. The lowest BCUT2D eigenvalue weighted by Gasteiger charge is -2.47. The number of aliphatic hydroxyl groups is 10. The molecule has 3 heterocycles. The van der Waals surface area contributed by atoms with Crippen molar-refractivity contribution in [2.45, 2.75) is 99.0 Å². The van der Waals surface area contributed by atoms with Gasteiger partial charge in [-0.25, -0.2) is 0 Å². The fourth-order valence-corrected chi connectivity index (χ4v) is 4.00. The lowest BCUT2D eigenvalue weighted by molar-refractivity contribution is -0.377. The van der Waals surface area contributed by atoms with Crippen molar-refractivity contribution < 1.29 is 74.7 Å². The molecule has 0 radical (unpaired) electrons. The molecule has 3 aliphatic heterocycles. The number of hydrogen-bond donors (Lipinski definition) is 10. The molecule has 0 aliphatic carbocycles. The van der Waals surface area contributed by atoms with Crippen molar-refractivity contribution in [2.75, 3.05) is 13.2 Å². The quantitative estimate of drug-likeness (QED) is 0.167. The molecule has 194 valence electrons. The van der Waals surface area contributed by atoms with E-state index in [2.05, 4.69) is 0 Å². The van der Waals surface area contributed by atoms with Crippen molar-refractivity contribution in [3.05, 3.63) is 0 Å². The molecular weight excluding hydrogens is 456 g/mol. The van der Waals surface area contributed by atoms with E-state index in [1.807, 2.05) is 0 Å². The molecule has 0 bridgehead atoms. The molecular formula is C18H32O15. The highest BCUT2D eigenvalue weighted by Crippen LogP contribution is 2.32. The Bertz CT molecular complexity index is 624. The third-order valence-corrected chi connectivity index (χ3v) is 6.05. The van der Waals surface area contributed by atoms with E-state index in [-0.39, 0.29) is 0 Å². The van der Waals surface area contributed by atoms with Crippen molar-refractivity contribution in [2.24, 2.45) is 0 Å². The predicted molar refractivity (Wildman–Crippen MR) is 99.8 cm³/mol. The second-order valence-electron chi connectivity index (χ2n) is 8.32. The average Bonchev–Trinajstić information content (AvgIpc) is 2.79. The smallest absolute Gasteiger partial charge is 0.187 e. The average molecular weight is 488 g/mol. The Kier molecular flexibility index (Phi) is 8.99. The van der Waals surface area contributed by atoms with Crippen LogP contribution in [0.5, 0.6) is 0 Å². The molecule has 0 aromatic carbocycles. The van der Waals surface area contributed by atoms with Crippen LogP contribution in [0, 0.1) is 0 Å². The van der Waals surface area contributed by atoms with Gasteiger partial charge in [0, 0.05) is 0 Å². The minimum absolute atomic E-state index is 0.749. The molecule has 3 saturated heterocycles. The Morgan fingerprint density at radius 1 is 0.545 bits per heavy atom. The van der Waals surface area contributed by atoms with Gasteiger partial charge in [-0.3, -0.25) is 0 Å². The van der Waals surface area contributed by atoms with Gasteiger partial charge in [-0.15, -0.1) is 0 Å². The molecule has 0 saturated carbocycles. The molecule has 0 spiro atoms. The van der Waals surface area contributed by atoms with Crippen LogP contribution in [-0.4, -0.2) is 156 Å². The molecule has 3 rings (SSSR count). The zero-order valence-electron chi connectivity index (χ0n) is 17.6. The van der Waals surface area contributed by atoms with Crippen LogP contribution in [-0.2, 0) is 23.7 Å². The summed E-state index contributed by atoms with van der Waals surface area (Å²) in [5.41, 5.74) is 0. The number of aliphatic hydroxyl groups excluding tert-OH is 10. The van der Waals surface area contributed by atoms with E-state index in [9.17, 15) is 51.1 Å². The van der Waals surface area contributed by atoms with Gasteiger partial charge in [0.1, 0.15) is 67.1 Å². The monoisotopic (exact) mass is 488 g/mol. The van der Waals surface area contributed by atoms with E-state index < -0.39 is 105 Å². The Labute approximate surface area is 187 Å². The Balaban J connectivity index is 1.77. The Morgan fingerprint density at radius 2 is 1.12 bits per heavy atom. The third kappa shape index (κ3) is 5.32. The highest BCUT2D eigenvalue weighted by atomic mass is 16.7. The first-order valence-electron chi connectivity index (χ1n) is 10.4. The van der Waals surface area contributed by atoms with Crippen molar-refractivity contribution >= 4 is 0 Å². The van der Waals surface area contributed by atoms with Crippen molar-refractivity contribution in [3.63, 3.8) is 0 Å². The first-order chi connectivity index (χ1) is 15.5. The number of rotatable bonds is 6. The van der Waals surface area contributed by atoms with Gasteiger partial charge >= 0.3 is 0 Å². The normalized spacial score (nSPS) is 53.7. The van der Waals surface area contributed by atoms with Gasteiger partial charge in [-0.1, -0.05) is 0 Å². The number of hydrogen-bond acceptors (Lipinski definition) is 15. The molecule has 0 amide bonds. The zero-order valence-corrected chi connectivity index (χ0v) is 17.6. The van der Waals surface area contributed by atoms with Crippen LogP contribution in [0.4, 0.5) is 0 Å². The summed E-state index contributed by atoms with van der Waals surface area (Å²) in [6.45, 7) is -0.122. The summed E-state index contributed by atoms with van der Waals surface area (Å²) in [5.74, 6) is 0. The topological polar surface area (TPSA) is 248 Å². The van der Waals surface area contributed by atoms with Gasteiger partial charge in [0.2, 0.25) is 0 Å². The van der Waals surface area contributed by atoms with E-state index in [1.54, 1.807) is 0 Å². The van der Waals surface area contributed by atoms with E-state index in [0.29, 0.717) is 0 Å². The molecule has 33 heavy (non-hydrogen) atoms. The first kappa shape index (κ1) is 27.0. The number of ether oxygens (including phenoxy) is 5. The highest BCUT2D eigenvalue weighted by molar-refractivity contribution is 4.96. The highest BCUT2D eigenvalue weighted by Gasteiger charge is 2.53. The molecule has 15 nitrogen and oxygen atoms in total. The summed E-state index contributed by atoms with van der Waals surface area (Å²) in [6.07, 6.45) is -23.9. The van der Waals surface area contributed by atoms with Crippen LogP contribution in [0.2, 0.25) is 0 Å². The van der Waals surface area contributed by atoms with E-state index in [1.165, 1.54) is 6.92 Å². The first-order valence-corrected chi connectivity index (χ1v) is 10.4. The molecule has 3 fully saturated rings. The second-order valence-corrected chi connectivity index (χ2v) is 8.32. The van der Waals surface area contributed by atoms with Crippen LogP contribution in [0.3, 0.4) is 0 Å². The SMILES string of the molecule is CC1OC(OC2C(O)C(CO)OC(OC3C(CO)OC(O)C(O)C3O)C2O)C(O)C(O)C1O. The summed E-state index contributed by atoms with van der Waals surface area (Å²) >= 11 is 0. The molecule has 0 aromatic heterocycles. The third-order valence-electron chi connectivity index (χ3n) is 6.05. The van der Waals surface area contributed by atoms with E-state index >= 15 is 0 Å². The second kappa shape index (κ2) is 11.0. The minimum Gasteiger partial charge on any atom is -0.394 e. The molecule has 0 aromatic rings. The van der Waals surface area contributed by atoms with Gasteiger partial charge in [0.05, 0.1) is 19.3 Å². The lowest BCUT2D eigenvalue weighted by Crippen LogP contribution is -2.66. The molecule has 3 aliphatic rings. The standard InChI is InChI=1S/C18H32O15/c1-4-7(21)9(23)12(26)17(29-4)33-15-8(22)5(2-19)31-18(13(15)27)32-14-6(3-20)30-16(28)11(25)10(14)24/h4-28H,2-3H2,1H3. The van der Waals surface area contributed by atoms with E-state index in [4.69, 9.17) is 23.7 Å². The molecule has 15 atom stereocenters. The lowest BCUT2D eigenvalue weighted by atomic mass is 9.96. The predicted octanol–water partition coefficient (Wildman–Crippen LogP) is -6.55. The van der Waals surface area contributed by atoms with Gasteiger partial charge < -0.3 is 74.7 Å². The maximum atomic E-state index is 10.7. The van der Waals surface area contributed by atoms with Crippen molar-refractivity contribution in [1.82, 2.24) is 0 Å². The summed E-state index contributed by atoms with van der Waals surface area (Å²) in [4.78, 5) is 0. The molecule has 15 unspecified atom stereocenters. The summed E-state index contributed by atoms with van der Waals surface area (Å²) in [5, 5.41) is 99.9. The Morgan fingerprint density at radius 3 is 1.73 bits per heavy atom. The van der Waals surface area contributed by atoms with Gasteiger partial charge in [-0.2, -0.15) is 0 Å². The molecule has 10 N–H and O–H groups in total. The maximum Gasteiger partial charge on any atom is 0.187 e. The van der Waals surface area contributed by atoms with Crippen LogP contribution in [0.1, 0.15) is 6.92 Å². The molecule has 15 heteroatoms. The van der Waals surface area contributed by atoms with Crippen LogP contribution < -0.4 is 0 Å². The summed E-state index contributed by atoms with van der Waals surface area (Å²) < 4.78 is 26.6. The van der Waals surface area contributed by atoms with Crippen LogP contribution >= 0.6 is 0 Å². The largest absolute Gasteiger partial charge is 0.394 e. The van der Waals surface area contributed by atoms with Crippen LogP contribution in [0.15, 0.2) is 0 Å². The fourth-order valence-electron chi connectivity index (χ4n) is 4.00. The van der Waals surface area contributed by atoms with Crippen LogP contribution in [0.25, 0.3) is 0 Å². The maximum absolute atomic E-state index is 10.7. The van der Waals surface area contributed by atoms with E-state index in [0.717, 1.165) is 0 Å². The van der Waals surface area contributed by atoms with Crippen molar-refractivity contribution in [3.8, 4) is 0 Å². The zero-order chi connectivity index (χ0) is 24.6. The van der Waals surface area contributed by atoms with Gasteiger partial charge in [0.25, 0.3) is 0 Å². The summed E-state index contributed by atoms with van der Waals surface area (Å²) in [6, 6.07) is 0. The van der Waals surface area contributed by atoms with Crippen molar-refractivity contribution in [1.29, 1.82) is 0 Å². The Hall–Kier alpha value is -0.600. The van der Waals surface area contributed by atoms with Gasteiger partial charge in [0.15, 0.2) is 18.9 Å². The fraction of sp³-hybridized carbons (Fsp3) is 1.00. The minimum atomic E-state index is -1.84. The van der Waals surface area contributed by atoms with Gasteiger partial charge in [-0.05, 0) is 6.92 Å².